The van der Waals surface area contributed by atoms with Crippen LogP contribution in [0.2, 0.25) is 0 Å². The molecular weight excluding hydrogens is 207 g/mol. The molecule has 84 valence electrons. The summed E-state index contributed by atoms with van der Waals surface area (Å²) in [5.41, 5.74) is 0. The molecule has 0 rings (SSSR count). The molecule has 6 heteroatoms. The van der Waals surface area contributed by atoms with E-state index in [2.05, 4.69) is 4.74 Å². The van der Waals surface area contributed by atoms with Gasteiger partial charge in [-0.05, 0) is 13.3 Å². The molecular formula is C8H17O5P. The molecule has 0 spiro atoms. The van der Waals surface area contributed by atoms with Crippen LogP contribution in [0, 0.1) is 0 Å². The molecule has 0 radical (unpaired) electrons. The first-order valence-corrected chi connectivity index (χ1v) is 6.30. The van der Waals surface area contributed by atoms with Crippen LogP contribution in [0.3, 0.4) is 0 Å². The molecule has 14 heavy (non-hydrogen) atoms. The lowest BCUT2D eigenvalue weighted by atomic mass is 10.2. The number of hydrogen-bond donors (Lipinski definition) is 2. The molecule has 2 N–H and O–H groups in total. The minimum atomic E-state index is -4.29. The van der Waals surface area contributed by atoms with Gasteiger partial charge >= 0.3 is 13.6 Å². The van der Waals surface area contributed by atoms with Crippen molar-refractivity contribution >= 4 is 13.6 Å². The van der Waals surface area contributed by atoms with Crippen molar-refractivity contribution in [3.05, 3.63) is 0 Å². The minimum Gasteiger partial charge on any atom is -0.450 e. The molecule has 0 aliphatic rings. The fourth-order valence-electron chi connectivity index (χ4n) is 0.837. The molecule has 5 nitrogen and oxygen atoms in total. The maximum atomic E-state index is 11.0. The Bertz CT molecular complexity index is 222. The van der Waals surface area contributed by atoms with Crippen molar-refractivity contribution in [1.82, 2.24) is 0 Å². The van der Waals surface area contributed by atoms with E-state index >= 15 is 0 Å². The molecule has 0 amide bonds. The molecule has 0 aromatic carbocycles. The second-order valence-electron chi connectivity index (χ2n) is 3.14. The zero-order chi connectivity index (χ0) is 11.2. The summed E-state index contributed by atoms with van der Waals surface area (Å²) < 4.78 is 15.2. The van der Waals surface area contributed by atoms with Gasteiger partial charge < -0.3 is 14.5 Å². The highest BCUT2D eigenvalue weighted by Gasteiger charge is 2.27. The summed E-state index contributed by atoms with van der Waals surface area (Å²) >= 11 is 0. The number of unbranched alkanes of at least 4 members (excludes halogenated alkanes) is 2. The van der Waals surface area contributed by atoms with E-state index in [1.54, 1.807) is 0 Å². The standard InChI is InChI=1S/C8H17O5P/c1-3-4-5-6-8(9)13-7(2)14(10,11)12/h7H,3-6H2,1-2H3,(H2,10,11,12). The van der Waals surface area contributed by atoms with Gasteiger partial charge in [-0.15, -0.1) is 0 Å². The highest BCUT2D eigenvalue weighted by atomic mass is 31.2. The van der Waals surface area contributed by atoms with Crippen LogP contribution in [-0.4, -0.2) is 21.6 Å². The molecule has 1 unspecified atom stereocenters. The number of carbonyl (C=O) groups excluding carboxylic acids is 1. The fourth-order valence-corrected chi connectivity index (χ4v) is 1.09. The van der Waals surface area contributed by atoms with Crippen molar-refractivity contribution in [2.45, 2.75) is 45.4 Å². The van der Waals surface area contributed by atoms with Crippen LogP contribution >= 0.6 is 7.60 Å². The largest absolute Gasteiger partial charge is 0.450 e. The van der Waals surface area contributed by atoms with E-state index in [9.17, 15) is 9.36 Å². The second kappa shape index (κ2) is 6.17. The number of hydrogen-bond acceptors (Lipinski definition) is 3. The van der Waals surface area contributed by atoms with E-state index in [0.29, 0.717) is 6.42 Å². The van der Waals surface area contributed by atoms with Crippen molar-refractivity contribution in [2.24, 2.45) is 0 Å². The number of ether oxygens (including phenoxy) is 1. The third kappa shape index (κ3) is 6.13. The first kappa shape index (κ1) is 13.6. The Balaban J connectivity index is 3.78. The Morgan fingerprint density at radius 1 is 1.43 bits per heavy atom. The van der Waals surface area contributed by atoms with Crippen LogP contribution in [0.5, 0.6) is 0 Å². The maximum Gasteiger partial charge on any atom is 0.365 e. The third-order valence-electron chi connectivity index (χ3n) is 1.76. The minimum absolute atomic E-state index is 0.220. The Kier molecular flexibility index (Phi) is 6.00. The molecule has 0 saturated carbocycles. The van der Waals surface area contributed by atoms with Gasteiger partial charge in [0.05, 0.1) is 0 Å². The van der Waals surface area contributed by atoms with Gasteiger partial charge in [-0.1, -0.05) is 19.8 Å². The molecule has 0 fully saturated rings. The number of rotatable bonds is 6. The van der Waals surface area contributed by atoms with Gasteiger partial charge in [0, 0.05) is 6.42 Å². The van der Waals surface area contributed by atoms with E-state index in [4.69, 9.17) is 9.79 Å². The van der Waals surface area contributed by atoms with Crippen molar-refractivity contribution < 1.29 is 23.9 Å². The van der Waals surface area contributed by atoms with Crippen LogP contribution in [0.1, 0.15) is 39.5 Å². The van der Waals surface area contributed by atoms with E-state index < -0.39 is 19.4 Å². The van der Waals surface area contributed by atoms with Crippen LogP contribution in [-0.2, 0) is 14.1 Å². The molecule has 0 aromatic rings. The summed E-state index contributed by atoms with van der Waals surface area (Å²) in [5.74, 6) is -1.88. The Morgan fingerprint density at radius 2 is 2.00 bits per heavy atom. The summed E-state index contributed by atoms with van der Waals surface area (Å²) in [7, 11) is -4.29. The summed E-state index contributed by atoms with van der Waals surface area (Å²) in [6, 6.07) is 0. The number of esters is 1. The molecule has 0 aliphatic heterocycles. The molecule has 0 bridgehead atoms. The van der Waals surface area contributed by atoms with Crippen molar-refractivity contribution in [1.29, 1.82) is 0 Å². The average molecular weight is 224 g/mol. The van der Waals surface area contributed by atoms with Crippen molar-refractivity contribution in [3.8, 4) is 0 Å². The van der Waals surface area contributed by atoms with Crippen molar-refractivity contribution in [2.75, 3.05) is 0 Å². The molecule has 0 saturated heterocycles. The monoisotopic (exact) mass is 224 g/mol. The summed E-state index contributed by atoms with van der Waals surface area (Å²) in [6.45, 7) is 3.20. The van der Waals surface area contributed by atoms with Gasteiger partial charge in [-0.3, -0.25) is 9.36 Å². The van der Waals surface area contributed by atoms with Gasteiger partial charge in [0.2, 0.25) is 0 Å². The Hall–Kier alpha value is -0.380. The highest BCUT2D eigenvalue weighted by Crippen LogP contribution is 2.41. The van der Waals surface area contributed by atoms with Crippen molar-refractivity contribution in [3.63, 3.8) is 0 Å². The number of carbonyl (C=O) groups is 1. The average Bonchev–Trinajstić information content (AvgIpc) is 2.03. The van der Waals surface area contributed by atoms with Crippen LogP contribution in [0.25, 0.3) is 0 Å². The lowest BCUT2D eigenvalue weighted by Gasteiger charge is -2.14. The first-order valence-electron chi connectivity index (χ1n) is 4.62. The summed E-state index contributed by atoms with van der Waals surface area (Å²) in [4.78, 5) is 28.3. The lowest BCUT2D eigenvalue weighted by Crippen LogP contribution is -2.14. The zero-order valence-electron chi connectivity index (χ0n) is 8.47. The zero-order valence-corrected chi connectivity index (χ0v) is 9.37. The van der Waals surface area contributed by atoms with Gasteiger partial charge in [-0.25, -0.2) is 0 Å². The normalized spacial score (nSPS) is 13.7. The summed E-state index contributed by atoms with van der Waals surface area (Å²) in [6.07, 6.45) is 2.82. The van der Waals surface area contributed by atoms with Crippen LogP contribution in [0.4, 0.5) is 0 Å². The van der Waals surface area contributed by atoms with E-state index in [-0.39, 0.29) is 6.42 Å². The smallest absolute Gasteiger partial charge is 0.365 e. The lowest BCUT2D eigenvalue weighted by molar-refractivity contribution is -0.145. The SMILES string of the molecule is CCCCCC(=O)OC(C)P(=O)(O)O. The van der Waals surface area contributed by atoms with E-state index in [1.807, 2.05) is 6.92 Å². The molecule has 0 heterocycles. The molecule has 0 aromatic heterocycles. The predicted octanol–water partition coefficient (Wildman–Crippen LogP) is 1.63. The summed E-state index contributed by atoms with van der Waals surface area (Å²) in [5, 5.41) is 0. The first-order chi connectivity index (χ1) is 6.38. The topological polar surface area (TPSA) is 83.8 Å². The highest BCUT2D eigenvalue weighted by molar-refractivity contribution is 7.52. The predicted molar refractivity (Wildman–Crippen MR) is 51.7 cm³/mol. The molecule has 1 atom stereocenters. The fraction of sp³-hybridized carbons (Fsp3) is 0.875. The quantitative estimate of drug-likeness (QED) is 0.407. The second-order valence-corrected chi connectivity index (χ2v) is 5.04. The van der Waals surface area contributed by atoms with Gasteiger partial charge in [0.15, 0.2) is 5.85 Å². The third-order valence-corrected chi connectivity index (χ3v) is 2.81. The van der Waals surface area contributed by atoms with Crippen LogP contribution in [0.15, 0.2) is 0 Å². The van der Waals surface area contributed by atoms with E-state index in [1.165, 1.54) is 6.92 Å². The Labute approximate surface area is 83.6 Å². The van der Waals surface area contributed by atoms with Crippen LogP contribution < -0.4 is 0 Å². The molecule has 0 aliphatic carbocycles. The van der Waals surface area contributed by atoms with E-state index in [0.717, 1.165) is 12.8 Å². The Morgan fingerprint density at radius 3 is 2.43 bits per heavy atom. The van der Waals surface area contributed by atoms with Gasteiger partial charge in [-0.2, -0.15) is 0 Å². The van der Waals surface area contributed by atoms with Gasteiger partial charge in [0.25, 0.3) is 0 Å². The maximum absolute atomic E-state index is 11.0. The van der Waals surface area contributed by atoms with Gasteiger partial charge in [0.1, 0.15) is 0 Å².